The second kappa shape index (κ2) is 10.7. The number of aliphatic imine (C=N–C) groups is 1. The van der Waals surface area contributed by atoms with Crippen LogP contribution in [0.25, 0.3) is 0 Å². The molecular formula is C19H27IN6O2S. The maximum atomic E-state index is 12.6. The van der Waals surface area contributed by atoms with Crippen LogP contribution >= 0.6 is 24.0 Å². The van der Waals surface area contributed by atoms with Gasteiger partial charge in [-0.3, -0.25) is 4.99 Å². The van der Waals surface area contributed by atoms with Crippen molar-refractivity contribution in [3.8, 4) is 0 Å². The molecule has 8 nitrogen and oxygen atoms in total. The molecule has 2 aromatic rings. The SMILES string of the molecule is Cc1ccc(NC(N)=NCCS(=O)(=O)N2CCN(c3ccccn3)CC2)cc1.I. The number of aryl methyl sites for hydroxylation is 1. The number of piperazine rings is 1. The van der Waals surface area contributed by atoms with Gasteiger partial charge in [0.25, 0.3) is 0 Å². The summed E-state index contributed by atoms with van der Waals surface area (Å²) in [6.07, 6.45) is 1.74. The van der Waals surface area contributed by atoms with Crippen molar-refractivity contribution in [2.45, 2.75) is 6.92 Å². The molecule has 0 unspecified atom stereocenters. The number of aromatic nitrogens is 1. The van der Waals surface area contributed by atoms with Gasteiger partial charge in [0.05, 0.1) is 12.3 Å². The highest BCUT2D eigenvalue weighted by Crippen LogP contribution is 2.15. The zero-order valence-corrected chi connectivity index (χ0v) is 19.5. The average molecular weight is 530 g/mol. The summed E-state index contributed by atoms with van der Waals surface area (Å²) in [6, 6.07) is 13.5. The lowest BCUT2D eigenvalue weighted by atomic mass is 10.2. The van der Waals surface area contributed by atoms with Crippen LogP contribution in [0, 0.1) is 6.92 Å². The molecule has 0 aliphatic carbocycles. The first-order chi connectivity index (χ1) is 13.4. The smallest absolute Gasteiger partial charge is 0.216 e. The first-order valence-electron chi connectivity index (χ1n) is 9.21. The molecule has 1 aliphatic heterocycles. The van der Waals surface area contributed by atoms with Crippen LogP contribution in [0.5, 0.6) is 0 Å². The number of pyridine rings is 1. The minimum Gasteiger partial charge on any atom is -0.370 e. The van der Waals surface area contributed by atoms with E-state index in [-0.39, 0.29) is 42.2 Å². The van der Waals surface area contributed by atoms with Crippen LogP contribution in [-0.4, -0.2) is 62.1 Å². The Morgan fingerprint density at radius 1 is 1.14 bits per heavy atom. The molecule has 0 amide bonds. The minimum absolute atomic E-state index is 0. The molecule has 0 atom stereocenters. The van der Waals surface area contributed by atoms with Gasteiger partial charge in [0.2, 0.25) is 10.0 Å². The van der Waals surface area contributed by atoms with Crippen molar-refractivity contribution in [1.82, 2.24) is 9.29 Å². The number of nitrogens with zero attached hydrogens (tertiary/aromatic N) is 4. The zero-order chi connectivity index (χ0) is 20.0. The Kier molecular flexibility index (Phi) is 8.65. The van der Waals surface area contributed by atoms with Gasteiger partial charge in [0.1, 0.15) is 5.82 Å². The molecule has 1 aliphatic rings. The molecule has 1 saturated heterocycles. The molecule has 0 saturated carbocycles. The van der Waals surface area contributed by atoms with Crippen LogP contribution in [0.2, 0.25) is 0 Å². The van der Waals surface area contributed by atoms with Gasteiger partial charge in [-0.25, -0.2) is 13.4 Å². The summed E-state index contributed by atoms with van der Waals surface area (Å²) in [7, 11) is -3.37. The number of hydrogen-bond donors (Lipinski definition) is 2. The molecule has 3 N–H and O–H groups in total. The number of benzene rings is 1. The van der Waals surface area contributed by atoms with Crippen LogP contribution in [0.1, 0.15) is 5.56 Å². The maximum absolute atomic E-state index is 12.6. The van der Waals surface area contributed by atoms with E-state index in [4.69, 9.17) is 5.73 Å². The molecule has 10 heteroatoms. The molecule has 3 rings (SSSR count). The van der Waals surface area contributed by atoms with Crippen molar-refractivity contribution in [3.63, 3.8) is 0 Å². The Hall–Kier alpha value is -1.92. The van der Waals surface area contributed by atoms with Crippen molar-refractivity contribution in [2.75, 3.05) is 48.7 Å². The number of guanidine groups is 1. The predicted molar refractivity (Wildman–Crippen MR) is 129 cm³/mol. The van der Waals surface area contributed by atoms with Gasteiger partial charge in [-0.05, 0) is 31.2 Å². The van der Waals surface area contributed by atoms with E-state index >= 15 is 0 Å². The highest BCUT2D eigenvalue weighted by atomic mass is 127. The van der Waals surface area contributed by atoms with Crippen LogP contribution in [0.15, 0.2) is 53.7 Å². The van der Waals surface area contributed by atoms with Gasteiger partial charge in [-0.1, -0.05) is 23.8 Å². The van der Waals surface area contributed by atoms with Gasteiger partial charge < -0.3 is 16.0 Å². The van der Waals surface area contributed by atoms with E-state index in [1.54, 1.807) is 6.20 Å². The van der Waals surface area contributed by atoms with E-state index in [1.807, 2.05) is 49.4 Å². The third kappa shape index (κ3) is 6.82. The quantitative estimate of drug-likeness (QED) is 0.336. The maximum Gasteiger partial charge on any atom is 0.216 e. The summed E-state index contributed by atoms with van der Waals surface area (Å²) in [6.45, 7) is 4.25. The second-order valence-electron chi connectivity index (χ2n) is 6.65. The Bertz CT molecular complexity index is 898. The van der Waals surface area contributed by atoms with E-state index in [0.29, 0.717) is 26.2 Å². The van der Waals surface area contributed by atoms with Gasteiger partial charge in [0, 0.05) is 38.1 Å². The summed E-state index contributed by atoms with van der Waals surface area (Å²) in [5.74, 6) is 1.02. The summed E-state index contributed by atoms with van der Waals surface area (Å²) in [5.41, 5.74) is 7.82. The molecule has 0 bridgehead atoms. The molecular weight excluding hydrogens is 503 g/mol. The van der Waals surface area contributed by atoms with E-state index in [9.17, 15) is 8.42 Å². The Balaban J connectivity index is 0.00000300. The van der Waals surface area contributed by atoms with E-state index < -0.39 is 10.0 Å². The first kappa shape index (κ1) is 23.4. The van der Waals surface area contributed by atoms with Gasteiger partial charge in [-0.2, -0.15) is 4.31 Å². The van der Waals surface area contributed by atoms with Crippen LogP contribution in [-0.2, 0) is 10.0 Å². The standard InChI is InChI=1S/C19H26N6O2S.HI/c1-16-5-7-17(8-6-16)23-19(20)22-10-15-28(26,27)25-13-11-24(12-14-25)18-4-2-3-9-21-18;/h2-9H,10-15H2,1H3,(H3,20,22,23);1H. The largest absolute Gasteiger partial charge is 0.370 e. The summed E-state index contributed by atoms with van der Waals surface area (Å²) >= 11 is 0. The average Bonchev–Trinajstić information content (AvgIpc) is 2.70. The number of sulfonamides is 1. The van der Waals surface area contributed by atoms with Crippen molar-refractivity contribution < 1.29 is 8.42 Å². The van der Waals surface area contributed by atoms with Gasteiger partial charge in [0.15, 0.2) is 5.96 Å². The number of anilines is 2. The topological polar surface area (TPSA) is 104 Å². The Morgan fingerprint density at radius 2 is 1.83 bits per heavy atom. The highest BCUT2D eigenvalue weighted by molar-refractivity contribution is 14.0. The highest BCUT2D eigenvalue weighted by Gasteiger charge is 2.26. The third-order valence-electron chi connectivity index (χ3n) is 4.56. The summed E-state index contributed by atoms with van der Waals surface area (Å²) in [5, 5.41) is 2.96. The molecule has 1 aromatic carbocycles. The lowest BCUT2D eigenvalue weighted by Crippen LogP contribution is -2.49. The first-order valence-corrected chi connectivity index (χ1v) is 10.8. The van der Waals surface area contributed by atoms with Crippen molar-refractivity contribution in [3.05, 3.63) is 54.2 Å². The van der Waals surface area contributed by atoms with Crippen molar-refractivity contribution >= 4 is 51.5 Å². The lowest BCUT2D eigenvalue weighted by molar-refractivity contribution is 0.384. The molecule has 0 radical (unpaired) electrons. The fraction of sp³-hybridized carbons (Fsp3) is 0.368. The second-order valence-corrected chi connectivity index (χ2v) is 8.74. The molecule has 0 spiro atoms. The van der Waals surface area contributed by atoms with Crippen LogP contribution in [0.4, 0.5) is 11.5 Å². The number of halogens is 1. The molecule has 1 fully saturated rings. The lowest BCUT2D eigenvalue weighted by Gasteiger charge is -2.34. The van der Waals surface area contributed by atoms with Crippen molar-refractivity contribution in [2.24, 2.45) is 10.7 Å². The number of nitrogens with one attached hydrogen (secondary N) is 1. The number of hydrogen-bond acceptors (Lipinski definition) is 5. The van der Waals surface area contributed by atoms with E-state index in [1.165, 1.54) is 4.31 Å². The van der Waals surface area contributed by atoms with Gasteiger partial charge >= 0.3 is 0 Å². The molecule has 158 valence electrons. The number of nitrogens with two attached hydrogens (primary N) is 1. The Labute approximate surface area is 189 Å². The van der Waals surface area contributed by atoms with E-state index in [2.05, 4.69) is 20.2 Å². The predicted octanol–water partition coefficient (Wildman–Crippen LogP) is 1.89. The van der Waals surface area contributed by atoms with E-state index in [0.717, 1.165) is 17.1 Å². The van der Waals surface area contributed by atoms with Crippen molar-refractivity contribution in [1.29, 1.82) is 0 Å². The summed E-state index contributed by atoms with van der Waals surface area (Å²) < 4.78 is 26.7. The zero-order valence-electron chi connectivity index (χ0n) is 16.4. The summed E-state index contributed by atoms with van der Waals surface area (Å²) in [4.78, 5) is 10.5. The van der Waals surface area contributed by atoms with Crippen LogP contribution in [0.3, 0.4) is 0 Å². The molecule has 1 aromatic heterocycles. The number of rotatable bonds is 6. The third-order valence-corrected chi connectivity index (χ3v) is 6.41. The van der Waals surface area contributed by atoms with Crippen LogP contribution < -0.4 is 16.0 Å². The molecule has 2 heterocycles. The Morgan fingerprint density at radius 3 is 2.45 bits per heavy atom. The normalized spacial score (nSPS) is 15.6. The molecule has 29 heavy (non-hydrogen) atoms. The fourth-order valence-corrected chi connectivity index (χ4v) is 4.27. The monoisotopic (exact) mass is 530 g/mol. The van der Waals surface area contributed by atoms with Gasteiger partial charge in [-0.15, -0.1) is 24.0 Å². The minimum atomic E-state index is -3.37. The fourth-order valence-electron chi connectivity index (χ4n) is 2.97.